The van der Waals surface area contributed by atoms with Crippen LogP contribution in [-0.4, -0.2) is 104 Å². The summed E-state index contributed by atoms with van der Waals surface area (Å²) >= 11 is 0. The second-order valence-electron chi connectivity index (χ2n) is 19.2. The van der Waals surface area contributed by atoms with Crippen molar-refractivity contribution in [2.45, 2.75) is 114 Å². The second-order valence-corrected chi connectivity index (χ2v) is 19.2. The van der Waals surface area contributed by atoms with Gasteiger partial charge in [0.25, 0.3) is 0 Å². The zero-order valence-corrected chi connectivity index (χ0v) is 43.2. The molecule has 77 heavy (non-hydrogen) atoms. The summed E-state index contributed by atoms with van der Waals surface area (Å²) in [6.45, 7) is 0.907. The van der Waals surface area contributed by atoms with Crippen molar-refractivity contribution in [2.75, 3.05) is 26.4 Å². The van der Waals surface area contributed by atoms with E-state index in [9.17, 15) is 10.2 Å². The number of hydrogen-bond acceptors (Lipinski definition) is 13. The van der Waals surface area contributed by atoms with Crippen LogP contribution in [0.1, 0.15) is 38.9 Å². The average Bonchev–Trinajstić information content (AvgIpc) is 3.52. The third-order valence-corrected chi connectivity index (χ3v) is 13.4. The molecule has 0 radical (unpaired) electrons. The fraction of sp³-hybridized carbons (Fsp3) is 0.344. The van der Waals surface area contributed by atoms with Crippen LogP contribution in [0.4, 0.5) is 0 Å². The van der Waals surface area contributed by atoms with Crippen molar-refractivity contribution in [1.29, 1.82) is 0 Å². The monoisotopic (exact) mass is 1050 g/mol. The molecule has 2 heterocycles. The van der Waals surface area contributed by atoms with Crippen LogP contribution in [0.5, 0.6) is 0 Å². The molecule has 0 bridgehead atoms. The van der Waals surface area contributed by atoms with Gasteiger partial charge in [-0.1, -0.05) is 212 Å². The molecule has 13 heteroatoms. The van der Waals surface area contributed by atoms with Crippen molar-refractivity contribution in [3.8, 4) is 0 Å². The molecule has 2 aliphatic heterocycles. The Morgan fingerprint density at radius 2 is 0.584 bits per heavy atom. The minimum atomic E-state index is -1.19. The summed E-state index contributed by atoms with van der Waals surface area (Å²) < 4.78 is 75.6. The van der Waals surface area contributed by atoms with Crippen molar-refractivity contribution in [1.82, 2.24) is 0 Å². The molecule has 0 saturated carbocycles. The molecule has 0 spiro atoms. The summed E-state index contributed by atoms with van der Waals surface area (Å²) in [7, 11) is 0. The van der Waals surface area contributed by atoms with E-state index >= 15 is 0 Å². The third-order valence-electron chi connectivity index (χ3n) is 13.4. The van der Waals surface area contributed by atoms with Crippen molar-refractivity contribution < 1.29 is 62.3 Å². The van der Waals surface area contributed by atoms with Gasteiger partial charge in [-0.25, -0.2) is 0 Å². The molecular formula is C64H70O13. The molecule has 2 saturated heterocycles. The number of aliphatic hydroxyl groups excluding tert-OH is 2. The van der Waals surface area contributed by atoms with Gasteiger partial charge in [0.05, 0.1) is 72.7 Å². The van der Waals surface area contributed by atoms with E-state index in [1.807, 2.05) is 212 Å². The fourth-order valence-corrected chi connectivity index (χ4v) is 9.34. The minimum absolute atomic E-state index is 0.118. The predicted octanol–water partition coefficient (Wildman–Crippen LogP) is 9.55. The predicted molar refractivity (Wildman–Crippen MR) is 289 cm³/mol. The Balaban J connectivity index is 1.07. The van der Waals surface area contributed by atoms with Crippen LogP contribution in [0, 0.1) is 0 Å². The SMILES string of the molecule is OCC(O)COC1OC(COC2OC(COCc3ccccc3)C(OCc3ccccc3)C(OCc3ccccc3)C2OCc2ccccc2)C(OCc2ccccc2)C(OCc2ccccc2)C1OCc1ccccc1. The van der Waals surface area contributed by atoms with Gasteiger partial charge in [0.15, 0.2) is 12.6 Å². The number of rotatable bonds is 29. The minimum Gasteiger partial charge on any atom is -0.394 e. The molecule has 2 fully saturated rings. The summed E-state index contributed by atoms with van der Waals surface area (Å²) in [4.78, 5) is 0. The zero-order valence-electron chi connectivity index (χ0n) is 43.2. The Kier molecular flexibility index (Phi) is 21.9. The van der Waals surface area contributed by atoms with Gasteiger partial charge in [-0.3, -0.25) is 0 Å². The molecule has 9 rings (SSSR count). The van der Waals surface area contributed by atoms with Crippen LogP contribution in [0.15, 0.2) is 212 Å². The van der Waals surface area contributed by atoms with Crippen molar-refractivity contribution in [3.05, 3.63) is 251 Å². The summed E-state index contributed by atoms with van der Waals surface area (Å²) in [5.74, 6) is 0. The first-order valence-electron chi connectivity index (χ1n) is 26.4. The van der Waals surface area contributed by atoms with Crippen LogP contribution < -0.4 is 0 Å². The normalized spacial score (nSPS) is 23.8. The van der Waals surface area contributed by atoms with E-state index in [0.717, 1.165) is 38.9 Å². The summed E-state index contributed by atoms with van der Waals surface area (Å²) in [6, 6.07) is 69.4. The molecule has 0 amide bonds. The largest absolute Gasteiger partial charge is 0.394 e. The molecule has 0 aliphatic carbocycles. The molecular weight excluding hydrogens is 977 g/mol. The summed E-state index contributed by atoms with van der Waals surface area (Å²) in [5.41, 5.74) is 6.68. The van der Waals surface area contributed by atoms with E-state index in [1.165, 1.54) is 0 Å². The van der Waals surface area contributed by atoms with Crippen LogP contribution in [0.3, 0.4) is 0 Å². The molecule has 7 aromatic carbocycles. The maximum absolute atomic E-state index is 10.7. The molecule has 11 atom stereocenters. The van der Waals surface area contributed by atoms with E-state index in [1.54, 1.807) is 0 Å². The van der Waals surface area contributed by atoms with Gasteiger partial charge in [0.1, 0.15) is 54.9 Å². The lowest BCUT2D eigenvalue weighted by Gasteiger charge is -2.48. The molecule has 2 aliphatic rings. The maximum Gasteiger partial charge on any atom is 0.187 e. The van der Waals surface area contributed by atoms with Crippen LogP contribution in [-0.2, 0) is 98.4 Å². The number of hydrogen-bond donors (Lipinski definition) is 2. The quantitative estimate of drug-likeness (QED) is 0.0461. The lowest BCUT2D eigenvalue weighted by molar-refractivity contribution is -0.354. The lowest BCUT2D eigenvalue weighted by Crippen LogP contribution is -2.64. The highest BCUT2D eigenvalue weighted by Gasteiger charge is 2.52. The molecule has 11 unspecified atom stereocenters. The van der Waals surface area contributed by atoms with Crippen LogP contribution in [0.25, 0.3) is 0 Å². The lowest BCUT2D eigenvalue weighted by atomic mass is 9.96. The third kappa shape index (κ3) is 17.0. The summed E-state index contributed by atoms with van der Waals surface area (Å²) in [5, 5.41) is 20.6. The molecule has 0 aromatic heterocycles. The Morgan fingerprint density at radius 3 is 0.909 bits per heavy atom. The second kappa shape index (κ2) is 30.2. The van der Waals surface area contributed by atoms with Crippen molar-refractivity contribution in [2.24, 2.45) is 0 Å². The number of aliphatic hydroxyl groups is 2. The van der Waals surface area contributed by atoms with Gasteiger partial charge in [0, 0.05) is 0 Å². The van der Waals surface area contributed by atoms with Gasteiger partial charge in [-0.05, 0) is 38.9 Å². The van der Waals surface area contributed by atoms with Gasteiger partial charge >= 0.3 is 0 Å². The van der Waals surface area contributed by atoms with Gasteiger partial charge in [-0.15, -0.1) is 0 Å². The first-order chi connectivity index (χ1) is 38.1. The molecule has 13 nitrogen and oxygen atoms in total. The topological polar surface area (TPSA) is 142 Å². The van der Waals surface area contributed by atoms with Gasteiger partial charge < -0.3 is 62.3 Å². The summed E-state index contributed by atoms with van der Waals surface area (Å²) in [6.07, 6.45) is -9.85. The first kappa shape index (κ1) is 55.8. The Hall–Kier alpha value is -5.98. The molecule has 2 N–H and O–H groups in total. The Morgan fingerprint density at radius 1 is 0.312 bits per heavy atom. The van der Waals surface area contributed by atoms with Gasteiger partial charge in [-0.2, -0.15) is 0 Å². The Bertz CT molecular complexity index is 2660. The smallest absolute Gasteiger partial charge is 0.187 e. The first-order valence-corrected chi connectivity index (χ1v) is 26.4. The van der Waals surface area contributed by atoms with E-state index in [-0.39, 0.29) is 59.5 Å². The maximum atomic E-state index is 10.7. The van der Waals surface area contributed by atoms with E-state index < -0.39 is 74.1 Å². The standard InChI is InChI=1S/C64H70O13/c65-36-54(66)44-74-63-61(72-42-52-32-18-6-19-33-52)60(71-41-51-30-16-5-17-31-51)58(69-39-49-26-12-3-13-27-49)56(77-63)46-75-64-62(73-43-53-34-20-7-21-35-53)59(70-40-50-28-14-4-15-29-50)57(68-38-48-24-10-2-11-25-48)55(76-64)45-67-37-47-22-8-1-9-23-47/h1-35,54-66H,36-46H2. The highest BCUT2D eigenvalue weighted by molar-refractivity contribution is 5.19. The average molecular weight is 1050 g/mol. The highest BCUT2D eigenvalue weighted by atomic mass is 16.8. The van der Waals surface area contributed by atoms with Crippen LogP contribution >= 0.6 is 0 Å². The van der Waals surface area contributed by atoms with Crippen LogP contribution in [0.2, 0.25) is 0 Å². The molecule has 404 valence electrons. The highest BCUT2D eigenvalue weighted by Crippen LogP contribution is 2.35. The van der Waals surface area contributed by atoms with E-state index in [4.69, 9.17) is 52.1 Å². The fourth-order valence-electron chi connectivity index (χ4n) is 9.34. The van der Waals surface area contributed by atoms with E-state index in [2.05, 4.69) is 0 Å². The van der Waals surface area contributed by atoms with Crippen molar-refractivity contribution >= 4 is 0 Å². The Labute approximate surface area is 452 Å². The van der Waals surface area contributed by atoms with Crippen molar-refractivity contribution in [3.63, 3.8) is 0 Å². The molecule has 7 aromatic rings. The number of benzene rings is 7. The number of ether oxygens (including phenoxy) is 11. The zero-order chi connectivity index (χ0) is 52.7. The van der Waals surface area contributed by atoms with E-state index in [0.29, 0.717) is 6.61 Å². The van der Waals surface area contributed by atoms with Gasteiger partial charge in [0.2, 0.25) is 0 Å².